The smallest absolute Gasteiger partial charge is 0.355 e. The Morgan fingerprint density at radius 2 is 2.07 bits per heavy atom. The standard InChI is InChI=1S/C11H9ClO2/c1-2-7-8-5-3-4-6-9(8)14-11(13)10(7)12/h3-6H,2H2,1H3. The second-order valence-electron chi connectivity index (χ2n) is 3.03. The number of hydrogen-bond donors (Lipinski definition) is 0. The minimum Gasteiger partial charge on any atom is -0.422 e. The second-order valence-corrected chi connectivity index (χ2v) is 3.41. The molecule has 0 aliphatic carbocycles. The molecule has 2 rings (SSSR count). The zero-order valence-corrected chi connectivity index (χ0v) is 8.47. The summed E-state index contributed by atoms with van der Waals surface area (Å²) in [5, 5.41) is 1.12. The van der Waals surface area contributed by atoms with E-state index in [1.165, 1.54) is 0 Å². The number of para-hydroxylation sites is 1. The van der Waals surface area contributed by atoms with E-state index in [4.69, 9.17) is 16.0 Å². The molecular formula is C11H9ClO2. The van der Waals surface area contributed by atoms with Crippen LogP contribution in [-0.4, -0.2) is 0 Å². The van der Waals surface area contributed by atoms with Gasteiger partial charge in [-0.2, -0.15) is 0 Å². The summed E-state index contributed by atoms with van der Waals surface area (Å²) < 4.78 is 5.05. The first-order valence-electron chi connectivity index (χ1n) is 4.44. The highest BCUT2D eigenvalue weighted by atomic mass is 35.5. The molecule has 0 saturated heterocycles. The van der Waals surface area contributed by atoms with Crippen LogP contribution in [0.1, 0.15) is 12.5 Å². The molecule has 0 N–H and O–H groups in total. The van der Waals surface area contributed by atoms with E-state index >= 15 is 0 Å². The predicted molar refractivity (Wildman–Crippen MR) is 56.9 cm³/mol. The summed E-state index contributed by atoms with van der Waals surface area (Å²) in [6.07, 6.45) is 0.727. The van der Waals surface area contributed by atoms with Gasteiger partial charge in [0.2, 0.25) is 0 Å². The largest absolute Gasteiger partial charge is 0.422 e. The van der Waals surface area contributed by atoms with Crippen molar-refractivity contribution < 1.29 is 4.42 Å². The molecule has 14 heavy (non-hydrogen) atoms. The number of rotatable bonds is 1. The first kappa shape index (κ1) is 9.28. The summed E-state index contributed by atoms with van der Waals surface area (Å²) in [7, 11) is 0. The Bertz CT molecular complexity index is 528. The van der Waals surface area contributed by atoms with Crippen LogP contribution in [0.3, 0.4) is 0 Å². The Morgan fingerprint density at radius 1 is 1.36 bits per heavy atom. The minimum atomic E-state index is -0.456. The second kappa shape index (κ2) is 3.46. The van der Waals surface area contributed by atoms with Crippen LogP contribution >= 0.6 is 11.6 Å². The lowest BCUT2D eigenvalue weighted by molar-refractivity contribution is 0.559. The first-order chi connectivity index (χ1) is 6.74. The predicted octanol–water partition coefficient (Wildman–Crippen LogP) is 3.01. The molecule has 0 spiro atoms. The summed E-state index contributed by atoms with van der Waals surface area (Å²) in [5.41, 5.74) is 1.000. The first-order valence-corrected chi connectivity index (χ1v) is 4.82. The van der Waals surface area contributed by atoms with Crippen LogP contribution in [0.5, 0.6) is 0 Å². The molecule has 1 aromatic heterocycles. The molecule has 2 aromatic rings. The maximum Gasteiger partial charge on any atom is 0.355 e. The summed E-state index contributed by atoms with van der Waals surface area (Å²) in [4.78, 5) is 11.3. The molecule has 3 heteroatoms. The third-order valence-corrected chi connectivity index (χ3v) is 2.59. The van der Waals surface area contributed by atoms with Gasteiger partial charge < -0.3 is 4.42 Å². The van der Waals surface area contributed by atoms with E-state index in [1.807, 2.05) is 25.1 Å². The fourth-order valence-electron chi connectivity index (χ4n) is 1.54. The van der Waals surface area contributed by atoms with Gasteiger partial charge in [-0.15, -0.1) is 0 Å². The molecular weight excluding hydrogens is 200 g/mol. The van der Waals surface area contributed by atoms with E-state index < -0.39 is 5.63 Å². The van der Waals surface area contributed by atoms with Gasteiger partial charge in [0.15, 0.2) is 0 Å². The highest BCUT2D eigenvalue weighted by Gasteiger charge is 2.09. The molecule has 0 unspecified atom stereocenters. The minimum absolute atomic E-state index is 0.200. The van der Waals surface area contributed by atoms with Crippen LogP contribution in [0.25, 0.3) is 11.0 Å². The van der Waals surface area contributed by atoms with Gasteiger partial charge in [-0.3, -0.25) is 0 Å². The lowest BCUT2D eigenvalue weighted by Gasteiger charge is -2.03. The van der Waals surface area contributed by atoms with Gasteiger partial charge in [-0.1, -0.05) is 36.7 Å². The molecule has 0 aliphatic heterocycles. The van der Waals surface area contributed by atoms with Gasteiger partial charge in [0.05, 0.1) is 0 Å². The zero-order chi connectivity index (χ0) is 10.1. The summed E-state index contributed by atoms with van der Waals surface area (Å²) in [5.74, 6) is 0. The van der Waals surface area contributed by atoms with Gasteiger partial charge in [-0.05, 0) is 18.1 Å². The van der Waals surface area contributed by atoms with Crippen LogP contribution in [-0.2, 0) is 6.42 Å². The van der Waals surface area contributed by atoms with Gasteiger partial charge in [0.25, 0.3) is 0 Å². The van der Waals surface area contributed by atoms with Crippen molar-refractivity contribution in [3.05, 3.63) is 45.3 Å². The SMILES string of the molecule is CCc1c(Cl)c(=O)oc2ccccc12. The van der Waals surface area contributed by atoms with Crippen molar-refractivity contribution in [1.29, 1.82) is 0 Å². The average molecular weight is 209 g/mol. The summed E-state index contributed by atoms with van der Waals surface area (Å²) >= 11 is 5.87. The summed E-state index contributed by atoms with van der Waals surface area (Å²) in [6, 6.07) is 7.41. The monoisotopic (exact) mass is 208 g/mol. The molecule has 0 amide bonds. The summed E-state index contributed by atoms with van der Waals surface area (Å²) in [6.45, 7) is 1.97. The molecule has 0 aliphatic rings. The molecule has 2 nitrogen and oxygen atoms in total. The lowest BCUT2D eigenvalue weighted by atomic mass is 10.1. The molecule has 0 radical (unpaired) electrons. The van der Waals surface area contributed by atoms with E-state index in [1.54, 1.807) is 6.07 Å². The Morgan fingerprint density at radius 3 is 2.79 bits per heavy atom. The Hall–Kier alpha value is -1.28. The third kappa shape index (κ3) is 1.32. The van der Waals surface area contributed by atoms with Crippen molar-refractivity contribution in [1.82, 2.24) is 0 Å². The molecule has 0 saturated carbocycles. The number of benzene rings is 1. The van der Waals surface area contributed by atoms with Crippen molar-refractivity contribution >= 4 is 22.6 Å². The van der Waals surface area contributed by atoms with Crippen molar-refractivity contribution in [2.75, 3.05) is 0 Å². The normalized spacial score (nSPS) is 10.7. The number of hydrogen-bond acceptors (Lipinski definition) is 2. The Labute approximate surface area is 86.1 Å². The fraction of sp³-hybridized carbons (Fsp3) is 0.182. The molecule has 1 aromatic carbocycles. The van der Waals surface area contributed by atoms with E-state index in [9.17, 15) is 4.79 Å². The van der Waals surface area contributed by atoms with Gasteiger partial charge in [0, 0.05) is 5.39 Å². The lowest BCUT2D eigenvalue weighted by Crippen LogP contribution is -2.03. The van der Waals surface area contributed by atoms with Gasteiger partial charge in [-0.25, -0.2) is 4.79 Å². The molecule has 0 bridgehead atoms. The number of halogens is 1. The van der Waals surface area contributed by atoms with E-state index in [0.717, 1.165) is 17.4 Å². The highest BCUT2D eigenvalue weighted by molar-refractivity contribution is 6.31. The van der Waals surface area contributed by atoms with Crippen LogP contribution in [0, 0.1) is 0 Å². The number of fused-ring (bicyclic) bond motifs is 1. The van der Waals surface area contributed by atoms with Crippen molar-refractivity contribution in [3.63, 3.8) is 0 Å². The van der Waals surface area contributed by atoms with E-state index in [0.29, 0.717) is 5.58 Å². The number of aryl methyl sites for hydroxylation is 1. The third-order valence-electron chi connectivity index (χ3n) is 2.21. The topological polar surface area (TPSA) is 30.2 Å². The van der Waals surface area contributed by atoms with Crippen molar-refractivity contribution in [2.45, 2.75) is 13.3 Å². The fourth-order valence-corrected chi connectivity index (χ4v) is 1.81. The molecule has 0 atom stereocenters. The van der Waals surface area contributed by atoms with Crippen molar-refractivity contribution in [2.24, 2.45) is 0 Å². The molecule has 1 heterocycles. The maximum absolute atomic E-state index is 11.3. The van der Waals surface area contributed by atoms with Crippen LogP contribution in [0.15, 0.2) is 33.5 Å². The highest BCUT2D eigenvalue weighted by Crippen LogP contribution is 2.22. The Kier molecular flexibility index (Phi) is 2.30. The van der Waals surface area contributed by atoms with E-state index in [-0.39, 0.29) is 5.02 Å². The van der Waals surface area contributed by atoms with Crippen LogP contribution in [0.4, 0.5) is 0 Å². The van der Waals surface area contributed by atoms with Gasteiger partial charge >= 0.3 is 5.63 Å². The van der Waals surface area contributed by atoms with Crippen LogP contribution in [0.2, 0.25) is 5.02 Å². The van der Waals surface area contributed by atoms with Crippen molar-refractivity contribution in [3.8, 4) is 0 Å². The molecule has 0 fully saturated rings. The zero-order valence-electron chi connectivity index (χ0n) is 7.71. The van der Waals surface area contributed by atoms with Gasteiger partial charge in [0.1, 0.15) is 10.6 Å². The maximum atomic E-state index is 11.3. The Balaban J connectivity index is 2.96. The van der Waals surface area contributed by atoms with E-state index in [2.05, 4.69) is 0 Å². The average Bonchev–Trinajstić information content (AvgIpc) is 2.20. The quantitative estimate of drug-likeness (QED) is 0.675. The molecule has 72 valence electrons. The van der Waals surface area contributed by atoms with Crippen LogP contribution < -0.4 is 5.63 Å².